The van der Waals surface area contributed by atoms with Gasteiger partial charge in [0, 0.05) is 24.7 Å². The summed E-state index contributed by atoms with van der Waals surface area (Å²) in [4.78, 5) is 24.4. The summed E-state index contributed by atoms with van der Waals surface area (Å²) in [6.45, 7) is 1.71. The van der Waals surface area contributed by atoms with E-state index in [2.05, 4.69) is 0 Å². The van der Waals surface area contributed by atoms with E-state index in [1.54, 1.807) is 20.0 Å². The number of halogens is 3. The van der Waals surface area contributed by atoms with Crippen LogP contribution in [0, 0.1) is 6.92 Å². The number of hydrogen-bond donors (Lipinski definition) is 0. The Labute approximate surface area is 135 Å². The second kappa shape index (κ2) is 5.51. The number of esters is 1. The molecule has 0 spiro atoms. The molecule has 126 valence electrons. The molecule has 0 radical (unpaired) electrons. The van der Waals surface area contributed by atoms with Crippen LogP contribution in [-0.4, -0.2) is 10.5 Å². The third-order valence-corrected chi connectivity index (χ3v) is 4.25. The molecule has 1 atom stereocenters. The first-order chi connectivity index (χ1) is 11.2. The molecule has 0 unspecified atom stereocenters. The summed E-state index contributed by atoms with van der Waals surface area (Å²) in [5.74, 6) is -0.959. The van der Waals surface area contributed by atoms with Crippen molar-refractivity contribution in [3.8, 4) is 5.75 Å². The number of rotatable bonds is 1. The van der Waals surface area contributed by atoms with Crippen LogP contribution < -0.4 is 10.3 Å². The molecule has 0 amide bonds. The molecule has 0 saturated carbocycles. The lowest BCUT2D eigenvalue weighted by Crippen LogP contribution is -2.32. The molecule has 24 heavy (non-hydrogen) atoms. The molecule has 7 heteroatoms. The molecule has 0 N–H and O–H groups in total. The van der Waals surface area contributed by atoms with E-state index < -0.39 is 23.6 Å². The van der Waals surface area contributed by atoms with Crippen LogP contribution in [0.5, 0.6) is 5.75 Å². The number of ether oxygens (including phenoxy) is 1. The summed E-state index contributed by atoms with van der Waals surface area (Å²) in [6.07, 6.45) is -4.52. The van der Waals surface area contributed by atoms with Crippen molar-refractivity contribution in [1.82, 2.24) is 4.57 Å². The highest BCUT2D eigenvalue weighted by Gasteiger charge is 2.34. The minimum atomic E-state index is -4.44. The van der Waals surface area contributed by atoms with Gasteiger partial charge in [-0.05, 0) is 24.6 Å². The smallest absolute Gasteiger partial charge is 0.416 e. The van der Waals surface area contributed by atoms with E-state index in [9.17, 15) is 22.8 Å². The third kappa shape index (κ3) is 2.70. The number of alkyl halides is 3. The van der Waals surface area contributed by atoms with Crippen molar-refractivity contribution in [2.45, 2.75) is 25.4 Å². The maximum absolute atomic E-state index is 12.7. The maximum atomic E-state index is 12.7. The van der Waals surface area contributed by atoms with Crippen LogP contribution in [0.1, 0.15) is 34.7 Å². The Balaban J connectivity index is 2.12. The summed E-state index contributed by atoms with van der Waals surface area (Å²) >= 11 is 0. The van der Waals surface area contributed by atoms with Gasteiger partial charge >= 0.3 is 12.1 Å². The Morgan fingerprint density at radius 3 is 2.38 bits per heavy atom. The normalized spacial score (nSPS) is 17.4. The second-order valence-corrected chi connectivity index (χ2v) is 5.78. The van der Waals surface area contributed by atoms with Gasteiger partial charge in [-0.2, -0.15) is 13.2 Å². The number of aromatic nitrogens is 1. The Hall–Kier alpha value is -2.57. The quantitative estimate of drug-likeness (QED) is 0.751. The highest BCUT2D eigenvalue weighted by molar-refractivity contribution is 5.77. The average molecular weight is 337 g/mol. The molecule has 2 heterocycles. The molecular formula is C17H14F3NO3. The number of benzene rings is 1. The number of pyridine rings is 1. The number of carbonyl (C=O) groups is 1. The van der Waals surface area contributed by atoms with Crippen molar-refractivity contribution in [2.24, 2.45) is 7.05 Å². The molecule has 1 aliphatic rings. The molecule has 3 rings (SSSR count). The number of fused-ring (bicyclic) bond motifs is 1. The first kappa shape index (κ1) is 16.3. The predicted octanol–water partition coefficient (Wildman–Crippen LogP) is 3.15. The van der Waals surface area contributed by atoms with Gasteiger partial charge in [-0.25, -0.2) is 0 Å². The van der Waals surface area contributed by atoms with Gasteiger partial charge in [0.1, 0.15) is 5.75 Å². The SMILES string of the molecule is Cc1cc2c(c(=O)n1C)[C@H](c1ccc(C(F)(F)F)cc1)CC(=O)O2. The number of nitrogens with zero attached hydrogens (tertiary/aromatic N) is 1. The van der Waals surface area contributed by atoms with Gasteiger partial charge in [0.15, 0.2) is 0 Å². The lowest BCUT2D eigenvalue weighted by atomic mass is 9.86. The molecule has 1 aromatic carbocycles. The van der Waals surface area contributed by atoms with Crippen molar-refractivity contribution in [3.05, 3.63) is 63.1 Å². The van der Waals surface area contributed by atoms with Crippen molar-refractivity contribution in [3.63, 3.8) is 0 Å². The van der Waals surface area contributed by atoms with Crippen molar-refractivity contribution in [2.75, 3.05) is 0 Å². The predicted molar refractivity (Wildman–Crippen MR) is 80.0 cm³/mol. The summed E-state index contributed by atoms with van der Waals surface area (Å²) in [7, 11) is 1.60. The molecule has 0 fully saturated rings. The summed E-state index contributed by atoms with van der Waals surface area (Å²) in [5.41, 5.74) is 0.299. The topological polar surface area (TPSA) is 48.3 Å². The van der Waals surface area contributed by atoms with E-state index >= 15 is 0 Å². The van der Waals surface area contributed by atoms with E-state index in [1.165, 1.54) is 16.7 Å². The molecular weight excluding hydrogens is 323 g/mol. The average Bonchev–Trinajstić information content (AvgIpc) is 2.51. The highest BCUT2D eigenvalue weighted by atomic mass is 19.4. The zero-order chi connectivity index (χ0) is 17.6. The largest absolute Gasteiger partial charge is 0.426 e. The molecule has 0 bridgehead atoms. The molecule has 0 aliphatic carbocycles. The maximum Gasteiger partial charge on any atom is 0.416 e. The number of carbonyl (C=O) groups excluding carboxylic acids is 1. The first-order valence-corrected chi connectivity index (χ1v) is 7.27. The van der Waals surface area contributed by atoms with Gasteiger partial charge in [-0.15, -0.1) is 0 Å². The minimum Gasteiger partial charge on any atom is -0.426 e. The van der Waals surface area contributed by atoms with E-state index in [-0.39, 0.29) is 17.7 Å². The van der Waals surface area contributed by atoms with E-state index in [0.717, 1.165) is 12.1 Å². The first-order valence-electron chi connectivity index (χ1n) is 7.27. The monoisotopic (exact) mass is 337 g/mol. The van der Waals surface area contributed by atoms with Gasteiger partial charge in [-0.1, -0.05) is 12.1 Å². The van der Waals surface area contributed by atoms with Crippen LogP contribution in [-0.2, 0) is 18.0 Å². The molecule has 1 aromatic heterocycles. The lowest BCUT2D eigenvalue weighted by Gasteiger charge is -2.25. The molecule has 4 nitrogen and oxygen atoms in total. The third-order valence-electron chi connectivity index (χ3n) is 4.25. The zero-order valence-corrected chi connectivity index (χ0v) is 13.0. The zero-order valence-electron chi connectivity index (χ0n) is 13.0. The fraction of sp³-hybridized carbons (Fsp3) is 0.294. The van der Waals surface area contributed by atoms with Gasteiger partial charge in [0.05, 0.1) is 17.5 Å². The van der Waals surface area contributed by atoms with Crippen LogP contribution in [0.3, 0.4) is 0 Å². The van der Waals surface area contributed by atoms with E-state index in [4.69, 9.17) is 4.74 Å². The van der Waals surface area contributed by atoms with Crippen LogP contribution in [0.2, 0.25) is 0 Å². The fourth-order valence-electron chi connectivity index (χ4n) is 2.84. The minimum absolute atomic E-state index is 0.0866. The highest BCUT2D eigenvalue weighted by Crippen LogP contribution is 2.38. The van der Waals surface area contributed by atoms with Crippen LogP contribution in [0.4, 0.5) is 13.2 Å². The summed E-state index contributed by atoms with van der Waals surface area (Å²) in [6, 6.07) is 6.09. The van der Waals surface area contributed by atoms with Crippen molar-refractivity contribution in [1.29, 1.82) is 0 Å². The van der Waals surface area contributed by atoms with Gasteiger partial charge < -0.3 is 9.30 Å². The second-order valence-electron chi connectivity index (χ2n) is 5.78. The Bertz CT molecular complexity index is 866. The Morgan fingerprint density at radius 2 is 1.79 bits per heavy atom. The van der Waals surface area contributed by atoms with Crippen molar-refractivity contribution < 1.29 is 22.7 Å². The van der Waals surface area contributed by atoms with Crippen molar-refractivity contribution >= 4 is 5.97 Å². The summed E-state index contributed by atoms with van der Waals surface area (Å²) < 4.78 is 44.7. The van der Waals surface area contributed by atoms with E-state index in [1.807, 2.05) is 0 Å². The molecule has 2 aromatic rings. The standard InChI is InChI=1S/C17H14F3NO3/c1-9-7-13-15(16(23)21(9)2)12(8-14(22)24-13)10-3-5-11(6-4-10)17(18,19)20/h3-7,12H,8H2,1-2H3/t12-/m0/s1. The Kier molecular flexibility index (Phi) is 3.74. The summed E-state index contributed by atoms with van der Waals surface area (Å²) in [5, 5.41) is 0. The number of hydrogen-bond acceptors (Lipinski definition) is 3. The lowest BCUT2D eigenvalue weighted by molar-refractivity contribution is -0.138. The van der Waals surface area contributed by atoms with E-state index in [0.29, 0.717) is 16.8 Å². The molecule has 0 saturated heterocycles. The van der Waals surface area contributed by atoms with Crippen LogP contribution in [0.15, 0.2) is 35.1 Å². The molecule has 1 aliphatic heterocycles. The van der Waals surface area contributed by atoms with Gasteiger partial charge in [0.2, 0.25) is 0 Å². The number of aryl methyl sites for hydroxylation is 1. The fourth-order valence-corrected chi connectivity index (χ4v) is 2.84. The van der Waals surface area contributed by atoms with Gasteiger partial charge in [-0.3, -0.25) is 9.59 Å². The Morgan fingerprint density at radius 1 is 1.17 bits per heavy atom. The van der Waals surface area contributed by atoms with Crippen LogP contribution >= 0.6 is 0 Å². The van der Waals surface area contributed by atoms with Crippen LogP contribution in [0.25, 0.3) is 0 Å². The van der Waals surface area contributed by atoms with Gasteiger partial charge in [0.25, 0.3) is 5.56 Å².